The molecule has 0 aliphatic carbocycles. The van der Waals surface area contributed by atoms with Crippen molar-refractivity contribution in [1.29, 1.82) is 0 Å². The third kappa shape index (κ3) is 5.13. The second-order valence-corrected chi connectivity index (χ2v) is 6.74. The third-order valence-electron chi connectivity index (χ3n) is 3.72. The largest absolute Gasteiger partial charge is 0.323 e. The summed E-state index contributed by atoms with van der Waals surface area (Å²) < 4.78 is 0. The number of carbonyl (C=O) groups excluding carboxylic acids is 1. The maximum Gasteiger partial charge on any atom is 0.323 e. The van der Waals surface area contributed by atoms with Crippen molar-refractivity contribution >= 4 is 29.2 Å². The van der Waals surface area contributed by atoms with Gasteiger partial charge in [0.2, 0.25) is 0 Å². The molecule has 126 valence electrons. The van der Waals surface area contributed by atoms with Crippen molar-refractivity contribution in [2.75, 3.05) is 10.6 Å². The summed E-state index contributed by atoms with van der Waals surface area (Å²) in [6.45, 7) is 2.01. The van der Waals surface area contributed by atoms with Gasteiger partial charge in [0.15, 0.2) is 0 Å². The summed E-state index contributed by atoms with van der Waals surface area (Å²) in [6.07, 6.45) is 0. The molecule has 2 amide bonds. The van der Waals surface area contributed by atoms with Crippen LogP contribution >= 0.6 is 11.8 Å². The SMILES string of the molecule is Cc1cc(CSc2ccccc2)ccc1NC(=O)Nc1ccccc1. The maximum atomic E-state index is 12.1. The number of rotatable bonds is 5. The van der Waals surface area contributed by atoms with Gasteiger partial charge in [0.05, 0.1) is 0 Å². The zero-order valence-electron chi connectivity index (χ0n) is 14.0. The summed E-state index contributed by atoms with van der Waals surface area (Å²) >= 11 is 1.80. The highest BCUT2D eigenvalue weighted by Crippen LogP contribution is 2.25. The number of urea groups is 1. The van der Waals surface area contributed by atoms with Gasteiger partial charge in [-0.1, -0.05) is 48.5 Å². The molecule has 0 aliphatic heterocycles. The van der Waals surface area contributed by atoms with Crippen LogP contribution in [-0.4, -0.2) is 6.03 Å². The molecule has 0 bridgehead atoms. The summed E-state index contributed by atoms with van der Waals surface area (Å²) in [6, 6.07) is 25.7. The number of anilines is 2. The minimum Gasteiger partial charge on any atom is -0.308 e. The van der Waals surface area contributed by atoms with Crippen molar-refractivity contribution < 1.29 is 4.79 Å². The number of para-hydroxylation sites is 1. The maximum absolute atomic E-state index is 12.1. The Morgan fingerprint density at radius 3 is 2.24 bits per heavy atom. The second kappa shape index (κ2) is 8.40. The average Bonchev–Trinajstić information content (AvgIpc) is 2.64. The lowest BCUT2D eigenvalue weighted by atomic mass is 10.1. The summed E-state index contributed by atoms with van der Waals surface area (Å²) in [5.74, 6) is 0.904. The zero-order chi connectivity index (χ0) is 17.5. The van der Waals surface area contributed by atoms with Crippen LogP contribution in [0.25, 0.3) is 0 Å². The highest BCUT2D eigenvalue weighted by Gasteiger charge is 2.06. The first-order chi connectivity index (χ1) is 12.2. The van der Waals surface area contributed by atoms with E-state index in [4.69, 9.17) is 0 Å². The molecule has 2 N–H and O–H groups in total. The summed E-state index contributed by atoms with van der Waals surface area (Å²) in [5, 5.41) is 5.73. The van der Waals surface area contributed by atoms with Crippen LogP contribution in [0.5, 0.6) is 0 Å². The Kier molecular flexibility index (Phi) is 5.75. The van der Waals surface area contributed by atoms with E-state index in [1.165, 1.54) is 10.5 Å². The Labute approximate surface area is 152 Å². The van der Waals surface area contributed by atoms with Crippen LogP contribution in [0.3, 0.4) is 0 Å². The lowest BCUT2D eigenvalue weighted by Crippen LogP contribution is -2.19. The second-order valence-electron chi connectivity index (χ2n) is 5.70. The molecule has 0 saturated heterocycles. The molecule has 0 fully saturated rings. The fourth-order valence-corrected chi connectivity index (χ4v) is 3.31. The number of hydrogen-bond donors (Lipinski definition) is 2. The van der Waals surface area contributed by atoms with Gasteiger partial charge in [-0.3, -0.25) is 0 Å². The highest BCUT2D eigenvalue weighted by atomic mass is 32.2. The normalized spacial score (nSPS) is 10.3. The van der Waals surface area contributed by atoms with Crippen molar-refractivity contribution in [2.24, 2.45) is 0 Å². The molecule has 0 spiro atoms. The topological polar surface area (TPSA) is 41.1 Å². The predicted molar refractivity (Wildman–Crippen MR) is 106 cm³/mol. The van der Waals surface area contributed by atoms with Gasteiger partial charge in [0.1, 0.15) is 0 Å². The van der Waals surface area contributed by atoms with Crippen molar-refractivity contribution in [1.82, 2.24) is 0 Å². The Bertz CT molecular complexity index is 835. The van der Waals surface area contributed by atoms with Gasteiger partial charge >= 0.3 is 6.03 Å². The molecule has 3 rings (SSSR count). The van der Waals surface area contributed by atoms with E-state index in [9.17, 15) is 4.79 Å². The molecule has 0 saturated carbocycles. The summed E-state index contributed by atoms with van der Waals surface area (Å²) in [7, 11) is 0. The standard InChI is InChI=1S/C21H20N2OS/c1-16-14-17(15-25-19-10-6-3-7-11-19)12-13-20(16)23-21(24)22-18-8-4-2-5-9-18/h2-14H,15H2,1H3,(H2,22,23,24). The smallest absolute Gasteiger partial charge is 0.308 e. The Hall–Kier alpha value is -2.72. The van der Waals surface area contributed by atoms with E-state index in [0.717, 1.165) is 22.7 Å². The molecule has 25 heavy (non-hydrogen) atoms. The van der Waals surface area contributed by atoms with E-state index >= 15 is 0 Å². The van der Waals surface area contributed by atoms with E-state index in [2.05, 4.69) is 34.9 Å². The predicted octanol–water partition coefficient (Wildman–Crippen LogP) is 5.93. The Balaban J connectivity index is 1.59. The number of amides is 2. The van der Waals surface area contributed by atoms with E-state index in [0.29, 0.717) is 0 Å². The van der Waals surface area contributed by atoms with Gasteiger partial charge < -0.3 is 10.6 Å². The molecular formula is C21H20N2OS. The fraction of sp³-hybridized carbons (Fsp3) is 0.0952. The van der Waals surface area contributed by atoms with Crippen LogP contribution in [-0.2, 0) is 5.75 Å². The van der Waals surface area contributed by atoms with Crippen LogP contribution < -0.4 is 10.6 Å². The van der Waals surface area contributed by atoms with E-state index in [1.807, 2.05) is 61.5 Å². The molecule has 4 heteroatoms. The highest BCUT2D eigenvalue weighted by molar-refractivity contribution is 7.98. The van der Waals surface area contributed by atoms with E-state index in [1.54, 1.807) is 11.8 Å². The molecule has 0 unspecified atom stereocenters. The molecule has 3 aromatic rings. The lowest BCUT2D eigenvalue weighted by Gasteiger charge is -2.11. The number of thioether (sulfide) groups is 1. The quantitative estimate of drug-likeness (QED) is 0.561. The van der Waals surface area contributed by atoms with Gasteiger partial charge in [-0.25, -0.2) is 4.79 Å². The van der Waals surface area contributed by atoms with Crippen LogP contribution in [0.1, 0.15) is 11.1 Å². The molecule has 0 radical (unpaired) electrons. The van der Waals surface area contributed by atoms with E-state index < -0.39 is 0 Å². The lowest BCUT2D eigenvalue weighted by molar-refractivity contribution is 0.262. The van der Waals surface area contributed by atoms with Gasteiger partial charge in [-0.2, -0.15) is 0 Å². The zero-order valence-corrected chi connectivity index (χ0v) is 14.8. The average molecular weight is 348 g/mol. The molecule has 0 atom stereocenters. The van der Waals surface area contributed by atoms with Gasteiger partial charge in [0.25, 0.3) is 0 Å². The number of aryl methyl sites for hydroxylation is 1. The Morgan fingerprint density at radius 1 is 0.880 bits per heavy atom. The van der Waals surface area contributed by atoms with Crippen molar-refractivity contribution in [3.8, 4) is 0 Å². The number of nitrogens with one attached hydrogen (secondary N) is 2. The van der Waals surface area contributed by atoms with Crippen molar-refractivity contribution in [3.05, 3.63) is 90.0 Å². The van der Waals surface area contributed by atoms with Crippen LogP contribution in [0, 0.1) is 6.92 Å². The Morgan fingerprint density at radius 2 is 1.56 bits per heavy atom. The van der Waals surface area contributed by atoms with Crippen LogP contribution in [0.15, 0.2) is 83.8 Å². The number of benzene rings is 3. The minimum absolute atomic E-state index is 0.235. The third-order valence-corrected chi connectivity index (χ3v) is 4.80. The van der Waals surface area contributed by atoms with Gasteiger partial charge in [0, 0.05) is 22.0 Å². The molecule has 0 aliphatic rings. The van der Waals surface area contributed by atoms with Gasteiger partial charge in [-0.15, -0.1) is 11.8 Å². The number of hydrogen-bond acceptors (Lipinski definition) is 2. The van der Waals surface area contributed by atoms with Crippen LogP contribution in [0.4, 0.5) is 16.2 Å². The number of carbonyl (C=O) groups is 1. The summed E-state index contributed by atoms with van der Waals surface area (Å²) in [5.41, 5.74) is 3.88. The van der Waals surface area contributed by atoms with Crippen LogP contribution in [0.2, 0.25) is 0 Å². The van der Waals surface area contributed by atoms with E-state index in [-0.39, 0.29) is 6.03 Å². The molecule has 0 aromatic heterocycles. The molecule has 3 nitrogen and oxygen atoms in total. The monoisotopic (exact) mass is 348 g/mol. The molecule has 0 heterocycles. The first kappa shape index (κ1) is 17.1. The van der Waals surface area contributed by atoms with Crippen molar-refractivity contribution in [2.45, 2.75) is 17.6 Å². The minimum atomic E-state index is -0.235. The summed E-state index contributed by atoms with van der Waals surface area (Å²) in [4.78, 5) is 13.4. The first-order valence-corrected chi connectivity index (χ1v) is 9.10. The molecular weight excluding hydrogens is 328 g/mol. The van der Waals surface area contributed by atoms with Gasteiger partial charge in [-0.05, 0) is 48.4 Å². The first-order valence-electron chi connectivity index (χ1n) is 8.11. The fourth-order valence-electron chi connectivity index (χ4n) is 2.45. The molecule has 3 aromatic carbocycles. The van der Waals surface area contributed by atoms with Crippen molar-refractivity contribution in [3.63, 3.8) is 0 Å².